The normalized spacial score (nSPS) is 24.0. The van der Waals surface area contributed by atoms with Crippen molar-refractivity contribution in [2.45, 2.75) is 31.0 Å². The lowest BCUT2D eigenvalue weighted by Gasteiger charge is -2.44. The van der Waals surface area contributed by atoms with Gasteiger partial charge in [0.1, 0.15) is 0 Å². The summed E-state index contributed by atoms with van der Waals surface area (Å²) in [5.74, 6) is 0.178. The standard InChI is InChI=1S/C31H36N4O2/c1-23(36)33-31-21-34(2)19-18-27(31)30(26-16-10-5-11-17-26)35(22-31)20-28(37)32-29(24-12-6-3-7-13-24)25-14-8-4-9-15-25/h3-17,27,29-30H,18-22H2,1-2H3,(H,32,37)(H,33,36)/t27-,30-,31-/m1/s1. The second-order valence-electron chi connectivity index (χ2n) is 10.6. The number of nitrogens with one attached hydrogen (secondary N) is 2. The summed E-state index contributed by atoms with van der Waals surface area (Å²) in [6.07, 6.45) is 0.963. The number of piperidine rings is 1. The average molecular weight is 497 g/mol. The number of benzene rings is 3. The molecule has 2 aliphatic rings. The molecule has 3 aromatic carbocycles. The van der Waals surface area contributed by atoms with Crippen molar-refractivity contribution in [2.75, 3.05) is 33.2 Å². The van der Waals surface area contributed by atoms with Crippen molar-refractivity contribution < 1.29 is 9.59 Å². The third-order valence-electron chi connectivity index (χ3n) is 7.83. The summed E-state index contributed by atoms with van der Waals surface area (Å²) in [4.78, 5) is 30.6. The molecule has 0 unspecified atom stereocenters. The number of hydrogen-bond donors (Lipinski definition) is 2. The molecule has 0 bridgehead atoms. The van der Waals surface area contributed by atoms with Crippen LogP contribution in [-0.2, 0) is 9.59 Å². The first kappa shape index (κ1) is 25.2. The largest absolute Gasteiger partial charge is 0.348 e. The lowest BCUT2D eigenvalue weighted by Crippen LogP contribution is -2.63. The van der Waals surface area contributed by atoms with E-state index in [0.29, 0.717) is 6.54 Å². The highest BCUT2D eigenvalue weighted by atomic mass is 16.2. The summed E-state index contributed by atoms with van der Waals surface area (Å²) >= 11 is 0. The number of fused-ring (bicyclic) bond motifs is 1. The fourth-order valence-corrected chi connectivity index (χ4v) is 6.47. The van der Waals surface area contributed by atoms with E-state index in [-0.39, 0.29) is 36.4 Å². The zero-order valence-corrected chi connectivity index (χ0v) is 21.6. The molecule has 2 aliphatic heterocycles. The first-order valence-electron chi connectivity index (χ1n) is 13.1. The van der Waals surface area contributed by atoms with Crippen LogP contribution in [0.3, 0.4) is 0 Å². The molecule has 0 saturated carbocycles. The Balaban J connectivity index is 1.44. The second-order valence-corrected chi connectivity index (χ2v) is 10.6. The third-order valence-corrected chi connectivity index (χ3v) is 7.83. The van der Waals surface area contributed by atoms with E-state index < -0.39 is 5.54 Å². The number of amides is 2. The summed E-state index contributed by atoms with van der Waals surface area (Å²) < 4.78 is 0. The lowest BCUT2D eigenvalue weighted by atomic mass is 9.76. The molecule has 0 aliphatic carbocycles. The topological polar surface area (TPSA) is 64.7 Å². The first-order chi connectivity index (χ1) is 17.9. The summed E-state index contributed by atoms with van der Waals surface area (Å²) in [6.45, 7) is 4.24. The van der Waals surface area contributed by atoms with E-state index in [4.69, 9.17) is 0 Å². The van der Waals surface area contributed by atoms with Gasteiger partial charge in [0.05, 0.1) is 18.1 Å². The molecule has 5 rings (SSSR count). The minimum Gasteiger partial charge on any atom is -0.348 e. The van der Waals surface area contributed by atoms with Crippen LogP contribution in [0.2, 0.25) is 0 Å². The number of likely N-dealkylation sites (N-methyl/N-ethyl adjacent to an activating group) is 1. The van der Waals surface area contributed by atoms with Gasteiger partial charge in [0.2, 0.25) is 11.8 Å². The van der Waals surface area contributed by atoms with Gasteiger partial charge in [-0.2, -0.15) is 0 Å². The molecule has 3 atom stereocenters. The minimum absolute atomic E-state index is 0.0216. The molecule has 2 amide bonds. The highest BCUT2D eigenvalue weighted by molar-refractivity contribution is 5.79. The molecule has 0 spiro atoms. The van der Waals surface area contributed by atoms with E-state index in [9.17, 15) is 9.59 Å². The fraction of sp³-hybridized carbons (Fsp3) is 0.355. The maximum absolute atomic E-state index is 13.7. The minimum atomic E-state index is -0.391. The summed E-state index contributed by atoms with van der Waals surface area (Å²) in [7, 11) is 2.11. The highest BCUT2D eigenvalue weighted by Gasteiger charge is 2.55. The Kier molecular flexibility index (Phi) is 7.40. The molecule has 2 heterocycles. The predicted molar refractivity (Wildman–Crippen MR) is 146 cm³/mol. The number of nitrogens with zero attached hydrogens (tertiary/aromatic N) is 2. The van der Waals surface area contributed by atoms with Crippen molar-refractivity contribution in [3.05, 3.63) is 108 Å². The van der Waals surface area contributed by atoms with Crippen molar-refractivity contribution >= 4 is 11.8 Å². The highest BCUT2D eigenvalue weighted by Crippen LogP contribution is 2.47. The zero-order chi connectivity index (χ0) is 25.8. The van der Waals surface area contributed by atoms with Crippen molar-refractivity contribution in [2.24, 2.45) is 5.92 Å². The Morgan fingerprint density at radius 3 is 2.03 bits per heavy atom. The van der Waals surface area contributed by atoms with Crippen LogP contribution in [0.5, 0.6) is 0 Å². The lowest BCUT2D eigenvalue weighted by molar-refractivity contribution is -0.123. The molecular weight excluding hydrogens is 460 g/mol. The second kappa shape index (κ2) is 10.9. The van der Waals surface area contributed by atoms with Gasteiger partial charge in [0.25, 0.3) is 0 Å². The fourth-order valence-electron chi connectivity index (χ4n) is 6.47. The molecular formula is C31H36N4O2. The molecule has 6 nitrogen and oxygen atoms in total. The molecule has 2 fully saturated rings. The van der Waals surface area contributed by atoms with Gasteiger partial charge in [-0.3, -0.25) is 14.5 Å². The van der Waals surface area contributed by atoms with Crippen LogP contribution in [0, 0.1) is 5.92 Å². The van der Waals surface area contributed by atoms with Gasteiger partial charge < -0.3 is 15.5 Å². The van der Waals surface area contributed by atoms with Crippen molar-refractivity contribution in [1.82, 2.24) is 20.4 Å². The quantitative estimate of drug-likeness (QED) is 0.523. The Bertz CT molecular complexity index is 1160. The number of hydrogen-bond acceptors (Lipinski definition) is 4. The molecule has 192 valence electrons. The van der Waals surface area contributed by atoms with Gasteiger partial charge in [-0.15, -0.1) is 0 Å². The van der Waals surface area contributed by atoms with Crippen LogP contribution in [-0.4, -0.2) is 60.4 Å². The monoisotopic (exact) mass is 496 g/mol. The maximum atomic E-state index is 13.7. The summed E-state index contributed by atoms with van der Waals surface area (Å²) in [5, 5.41) is 6.64. The first-order valence-corrected chi connectivity index (χ1v) is 13.1. The van der Waals surface area contributed by atoms with Crippen LogP contribution in [0.1, 0.15) is 42.1 Å². The molecule has 2 N–H and O–H groups in total. The Morgan fingerprint density at radius 2 is 1.46 bits per heavy atom. The van der Waals surface area contributed by atoms with Crippen molar-refractivity contribution in [3.63, 3.8) is 0 Å². The van der Waals surface area contributed by atoms with Gasteiger partial charge >= 0.3 is 0 Å². The number of rotatable bonds is 7. The molecule has 37 heavy (non-hydrogen) atoms. The number of likely N-dealkylation sites (tertiary alicyclic amines) is 2. The van der Waals surface area contributed by atoms with E-state index in [2.05, 4.69) is 76.0 Å². The van der Waals surface area contributed by atoms with Crippen molar-refractivity contribution in [1.29, 1.82) is 0 Å². The van der Waals surface area contributed by atoms with Crippen molar-refractivity contribution in [3.8, 4) is 0 Å². The number of carbonyl (C=O) groups is 2. The van der Waals surface area contributed by atoms with E-state index >= 15 is 0 Å². The van der Waals surface area contributed by atoms with Crippen LogP contribution in [0.15, 0.2) is 91.0 Å². The molecule has 2 saturated heterocycles. The molecule has 3 aromatic rings. The van der Waals surface area contributed by atoms with Gasteiger partial charge in [0.15, 0.2) is 0 Å². The van der Waals surface area contributed by atoms with Crippen LogP contribution >= 0.6 is 0 Å². The average Bonchev–Trinajstić information content (AvgIpc) is 3.20. The van der Waals surface area contributed by atoms with E-state index in [1.807, 2.05) is 42.5 Å². The van der Waals surface area contributed by atoms with Gasteiger partial charge in [-0.05, 0) is 36.7 Å². The smallest absolute Gasteiger partial charge is 0.234 e. The van der Waals surface area contributed by atoms with Gasteiger partial charge in [0, 0.05) is 32.0 Å². The molecule has 0 radical (unpaired) electrons. The Morgan fingerprint density at radius 1 is 0.892 bits per heavy atom. The van der Waals surface area contributed by atoms with Crippen LogP contribution in [0.25, 0.3) is 0 Å². The van der Waals surface area contributed by atoms with E-state index in [1.54, 1.807) is 6.92 Å². The van der Waals surface area contributed by atoms with Crippen LogP contribution < -0.4 is 10.6 Å². The maximum Gasteiger partial charge on any atom is 0.234 e. The molecule has 6 heteroatoms. The number of carbonyl (C=O) groups excluding carboxylic acids is 2. The summed E-state index contributed by atoms with van der Waals surface area (Å²) in [6, 6.07) is 30.4. The van der Waals surface area contributed by atoms with Gasteiger partial charge in [-0.1, -0.05) is 91.0 Å². The predicted octanol–water partition coefficient (Wildman–Crippen LogP) is 3.78. The van der Waals surface area contributed by atoms with E-state index in [0.717, 1.165) is 30.6 Å². The summed E-state index contributed by atoms with van der Waals surface area (Å²) in [5.41, 5.74) is 2.90. The van der Waals surface area contributed by atoms with Crippen LogP contribution in [0.4, 0.5) is 0 Å². The van der Waals surface area contributed by atoms with E-state index in [1.165, 1.54) is 5.56 Å². The van der Waals surface area contributed by atoms with Gasteiger partial charge in [-0.25, -0.2) is 0 Å². The Labute approximate surface area is 219 Å². The molecule has 0 aromatic heterocycles. The Hall–Kier alpha value is -3.48. The zero-order valence-electron chi connectivity index (χ0n) is 21.6. The third kappa shape index (κ3) is 5.45. The SMILES string of the molecule is CC(=O)N[C@@]12CN(C)CC[C@@H]1[C@@H](c1ccccc1)N(CC(=O)NC(c1ccccc1)c1ccccc1)C2.